The average molecular weight is 492 g/mol. The molecule has 12 nitrogen and oxygen atoms in total. The quantitative estimate of drug-likeness (QED) is 0.0828. The summed E-state index contributed by atoms with van der Waals surface area (Å²) >= 11 is 0. The highest BCUT2D eigenvalue weighted by molar-refractivity contribution is 6.50. The Morgan fingerprint density at radius 3 is 0.306 bits per heavy atom. The van der Waals surface area contributed by atoms with Gasteiger partial charge in [0.05, 0.1) is 32.3 Å². The Morgan fingerprint density at radius 1 is 0.139 bits per heavy atom. The molecular formula is C24H12O12. The summed E-state index contributed by atoms with van der Waals surface area (Å²) in [6, 6.07) is 0. The summed E-state index contributed by atoms with van der Waals surface area (Å²) in [5.74, 6) is -12.4. The summed E-state index contributed by atoms with van der Waals surface area (Å²) in [6.07, 6.45) is 0. The van der Waals surface area contributed by atoms with Gasteiger partial charge < -0.3 is 61.3 Å². The van der Waals surface area contributed by atoms with E-state index in [1.54, 1.807) is 0 Å². The van der Waals surface area contributed by atoms with Gasteiger partial charge in [-0.2, -0.15) is 0 Å². The Balaban J connectivity index is 2.14. The molecule has 0 amide bonds. The highest BCUT2D eigenvalue weighted by Crippen LogP contribution is 2.67. The van der Waals surface area contributed by atoms with Crippen LogP contribution in [0.15, 0.2) is 0 Å². The molecule has 0 spiro atoms. The minimum atomic E-state index is -1.03. The largest absolute Gasteiger partial charge is 0.504 e. The molecule has 0 fully saturated rings. The first-order valence-corrected chi connectivity index (χ1v) is 10.2. The standard InChI is InChI=1S/C24H12O12/c25-13-7-1-2-4-6-5-3(1)9(16(28)14(7)26)18(30)20(32)11(5)22(34)24(36)12(6)23(35)21(33)10(4)19(31)17(29)8(2)15(13)27/h25-36H. The second kappa shape index (κ2) is 5.41. The van der Waals surface area contributed by atoms with Crippen LogP contribution >= 0.6 is 0 Å². The van der Waals surface area contributed by atoms with Crippen molar-refractivity contribution in [3.8, 4) is 69.0 Å². The topological polar surface area (TPSA) is 243 Å². The molecule has 0 radical (unpaired) electrons. The Morgan fingerprint density at radius 2 is 0.222 bits per heavy atom. The third-order valence-electron chi connectivity index (χ3n) is 7.19. The predicted octanol–water partition coefficient (Wildman–Crippen LogP) is 3.39. The van der Waals surface area contributed by atoms with Crippen LogP contribution in [0.3, 0.4) is 0 Å². The van der Waals surface area contributed by atoms with E-state index in [1.165, 1.54) is 0 Å². The van der Waals surface area contributed by atoms with Gasteiger partial charge in [0.1, 0.15) is 0 Å². The van der Waals surface area contributed by atoms with Gasteiger partial charge in [-0.15, -0.1) is 0 Å². The van der Waals surface area contributed by atoms with Crippen LogP contribution in [-0.2, 0) is 0 Å². The SMILES string of the molecule is Oc1c(O)c2c(O)c(O)c3c(O)c(O)c4c(O)c(O)c5c(O)c(O)c6c(O)c(O)c1c1c2c3c4c5c61. The van der Waals surface area contributed by atoms with Crippen molar-refractivity contribution in [2.24, 2.45) is 0 Å². The van der Waals surface area contributed by atoms with Gasteiger partial charge in [-0.25, -0.2) is 0 Å². The Bertz CT molecular complexity index is 1640. The first-order valence-electron chi connectivity index (χ1n) is 10.2. The fourth-order valence-corrected chi connectivity index (χ4v) is 5.76. The molecule has 0 bridgehead atoms. The van der Waals surface area contributed by atoms with Crippen molar-refractivity contribution < 1.29 is 61.3 Å². The third-order valence-corrected chi connectivity index (χ3v) is 7.19. The van der Waals surface area contributed by atoms with Crippen LogP contribution < -0.4 is 0 Å². The molecule has 0 heterocycles. The van der Waals surface area contributed by atoms with Crippen LogP contribution in [0.2, 0.25) is 0 Å². The smallest absolute Gasteiger partial charge is 0.170 e. The lowest BCUT2D eigenvalue weighted by molar-refractivity contribution is 0.387. The molecule has 0 saturated carbocycles. The van der Waals surface area contributed by atoms with E-state index < -0.39 is 101 Å². The van der Waals surface area contributed by atoms with Crippen molar-refractivity contribution in [3.05, 3.63) is 0 Å². The zero-order valence-corrected chi connectivity index (χ0v) is 17.4. The summed E-state index contributed by atoms with van der Waals surface area (Å²) in [5, 5.41) is 124. The number of aromatic hydroxyl groups is 12. The van der Waals surface area contributed by atoms with E-state index in [2.05, 4.69) is 0 Å². The van der Waals surface area contributed by atoms with Crippen molar-refractivity contribution >= 4 is 64.6 Å². The number of rotatable bonds is 0. The number of hydrogen-bond donors (Lipinski definition) is 12. The second-order valence-corrected chi connectivity index (χ2v) is 8.68. The number of phenols is 12. The van der Waals surface area contributed by atoms with Gasteiger partial charge in [0, 0.05) is 32.3 Å². The molecule has 7 aromatic rings. The average Bonchev–Trinajstić information content (AvgIpc) is 2.83. The third kappa shape index (κ3) is 1.64. The molecule has 0 aliphatic carbocycles. The molecular weight excluding hydrogens is 480 g/mol. The predicted molar refractivity (Wildman–Crippen MR) is 125 cm³/mol. The van der Waals surface area contributed by atoms with Crippen LogP contribution in [0.25, 0.3) is 64.6 Å². The lowest BCUT2D eigenvalue weighted by atomic mass is 9.80. The van der Waals surface area contributed by atoms with E-state index in [4.69, 9.17) is 0 Å². The number of hydrogen-bond acceptors (Lipinski definition) is 12. The van der Waals surface area contributed by atoms with Gasteiger partial charge in [-0.1, -0.05) is 0 Å². The van der Waals surface area contributed by atoms with Crippen molar-refractivity contribution in [2.75, 3.05) is 0 Å². The van der Waals surface area contributed by atoms with E-state index in [9.17, 15) is 61.3 Å². The van der Waals surface area contributed by atoms with E-state index in [-0.39, 0.29) is 32.3 Å². The van der Waals surface area contributed by atoms with Crippen molar-refractivity contribution in [3.63, 3.8) is 0 Å². The van der Waals surface area contributed by atoms with Gasteiger partial charge in [0.15, 0.2) is 69.0 Å². The highest BCUT2D eigenvalue weighted by Gasteiger charge is 2.37. The van der Waals surface area contributed by atoms with Crippen molar-refractivity contribution in [2.45, 2.75) is 0 Å². The van der Waals surface area contributed by atoms with Gasteiger partial charge in [0.25, 0.3) is 0 Å². The molecule has 12 N–H and O–H groups in total. The normalized spacial score (nSPS) is 12.7. The second-order valence-electron chi connectivity index (χ2n) is 8.68. The van der Waals surface area contributed by atoms with Gasteiger partial charge in [-0.3, -0.25) is 0 Å². The van der Waals surface area contributed by atoms with Crippen molar-refractivity contribution in [1.29, 1.82) is 0 Å². The molecule has 0 saturated heterocycles. The van der Waals surface area contributed by atoms with Crippen LogP contribution in [0.1, 0.15) is 0 Å². The fraction of sp³-hybridized carbons (Fsp3) is 0. The monoisotopic (exact) mass is 492 g/mol. The first-order chi connectivity index (χ1) is 16.9. The Kier molecular flexibility index (Phi) is 2.99. The minimum absolute atomic E-state index is 0.227. The summed E-state index contributed by atoms with van der Waals surface area (Å²) in [4.78, 5) is 0. The zero-order chi connectivity index (χ0) is 25.9. The first kappa shape index (κ1) is 19.9. The van der Waals surface area contributed by atoms with Crippen LogP contribution in [0.4, 0.5) is 0 Å². The van der Waals surface area contributed by atoms with Crippen LogP contribution in [0.5, 0.6) is 69.0 Å². The molecule has 7 rings (SSSR count). The molecule has 7 aromatic carbocycles. The fourth-order valence-electron chi connectivity index (χ4n) is 5.76. The van der Waals surface area contributed by atoms with Crippen LogP contribution in [-0.4, -0.2) is 61.3 Å². The van der Waals surface area contributed by atoms with E-state index in [0.29, 0.717) is 0 Å². The number of benzene rings is 7. The summed E-state index contributed by atoms with van der Waals surface area (Å²) < 4.78 is 0. The molecule has 36 heavy (non-hydrogen) atoms. The zero-order valence-electron chi connectivity index (χ0n) is 17.4. The number of phenolic OH excluding ortho intramolecular Hbond substituents is 12. The van der Waals surface area contributed by atoms with E-state index in [1.807, 2.05) is 0 Å². The van der Waals surface area contributed by atoms with Gasteiger partial charge >= 0.3 is 0 Å². The van der Waals surface area contributed by atoms with Gasteiger partial charge in [-0.05, 0) is 0 Å². The maximum atomic E-state index is 10.8. The summed E-state index contributed by atoms with van der Waals surface area (Å²) in [5.41, 5.74) is 0. The molecule has 0 unspecified atom stereocenters. The molecule has 180 valence electrons. The van der Waals surface area contributed by atoms with Crippen LogP contribution in [0, 0.1) is 0 Å². The lowest BCUT2D eigenvalue weighted by Gasteiger charge is -2.26. The van der Waals surface area contributed by atoms with E-state index >= 15 is 0 Å². The molecule has 0 aliphatic heterocycles. The van der Waals surface area contributed by atoms with Crippen molar-refractivity contribution in [1.82, 2.24) is 0 Å². The maximum Gasteiger partial charge on any atom is 0.170 e. The molecule has 0 atom stereocenters. The Labute approximate surface area is 195 Å². The maximum absolute atomic E-state index is 10.8. The minimum Gasteiger partial charge on any atom is -0.504 e. The highest BCUT2D eigenvalue weighted by atomic mass is 16.3. The lowest BCUT2D eigenvalue weighted by Crippen LogP contribution is -1.97. The van der Waals surface area contributed by atoms with Gasteiger partial charge in [0.2, 0.25) is 0 Å². The molecule has 0 aromatic heterocycles. The van der Waals surface area contributed by atoms with E-state index in [0.717, 1.165) is 0 Å². The molecule has 0 aliphatic rings. The Hall–Kier alpha value is -5.52. The summed E-state index contributed by atoms with van der Waals surface area (Å²) in [7, 11) is 0. The summed E-state index contributed by atoms with van der Waals surface area (Å²) in [6.45, 7) is 0. The molecule has 12 heteroatoms.